The summed E-state index contributed by atoms with van der Waals surface area (Å²) in [6, 6.07) is 17.1. The molecule has 1 heterocycles. The molecular formula is C25H22ClN3O4. The zero-order valence-electron chi connectivity index (χ0n) is 17.6. The molecule has 33 heavy (non-hydrogen) atoms. The van der Waals surface area contributed by atoms with Gasteiger partial charge in [0.25, 0.3) is 0 Å². The van der Waals surface area contributed by atoms with Crippen LogP contribution in [0.1, 0.15) is 29.8 Å². The summed E-state index contributed by atoms with van der Waals surface area (Å²) in [5.74, 6) is -2.27. The minimum Gasteiger partial charge on any atom is -0.481 e. The second-order valence-corrected chi connectivity index (χ2v) is 8.38. The predicted octanol–water partition coefficient (Wildman–Crippen LogP) is 5.73. The van der Waals surface area contributed by atoms with Crippen LogP contribution in [0.15, 0.2) is 66.9 Å². The van der Waals surface area contributed by atoms with Crippen LogP contribution in [-0.4, -0.2) is 27.9 Å². The van der Waals surface area contributed by atoms with Gasteiger partial charge < -0.3 is 15.7 Å². The van der Waals surface area contributed by atoms with Gasteiger partial charge in [-0.2, -0.15) is 0 Å². The third kappa shape index (κ3) is 5.38. The molecule has 0 bridgehead atoms. The van der Waals surface area contributed by atoms with Gasteiger partial charge in [-0.3, -0.25) is 14.6 Å². The second kappa shape index (κ2) is 9.83. The lowest BCUT2D eigenvalue weighted by molar-refractivity contribution is -0.142. The van der Waals surface area contributed by atoms with E-state index in [0.29, 0.717) is 29.2 Å². The summed E-state index contributed by atoms with van der Waals surface area (Å²) in [4.78, 5) is 40.6. The summed E-state index contributed by atoms with van der Waals surface area (Å²) in [7, 11) is 0. The van der Waals surface area contributed by atoms with Crippen LogP contribution >= 0.6 is 11.6 Å². The molecule has 1 fully saturated rings. The number of rotatable bonds is 6. The summed E-state index contributed by atoms with van der Waals surface area (Å²) >= 11 is 5.92. The second-order valence-electron chi connectivity index (χ2n) is 7.95. The number of Topliss-reactive ketones (excluding diaryl/α,β-unsaturated/α-hetero) is 1. The van der Waals surface area contributed by atoms with Crippen LogP contribution in [0.4, 0.5) is 16.2 Å². The third-order valence-electron chi connectivity index (χ3n) is 5.74. The molecule has 4 rings (SSSR count). The number of hydrogen-bond acceptors (Lipinski definition) is 4. The number of urea groups is 1. The summed E-state index contributed by atoms with van der Waals surface area (Å²) in [6.45, 7) is 0. The Balaban J connectivity index is 1.39. The molecular weight excluding hydrogens is 442 g/mol. The first-order chi connectivity index (χ1) is 15.9. The smallest absolute Gasteiger partial charge is 0.323 e. The molecule has 3 aromatic rings. The highest BCUT2D eigenvalue weighted by Crippen LogP contribution is 2.34. The number of nitrogens with zero attached hydrogens (tertiary/aromatic N) is 1. The first-order valence-corrected chi connectivity index (χ1v) is 11.0. The molecule has 0 radical (unpaired) electrons. The first-order valence-electron chi connectivity index (χ1n) is 10.6. The van der Waals surface area contributed by atoms with Crippen LogP contribution in [0, 0.1) is 11.8 Å². The lowest BCUT2D eigenvalue weighted by Gasteiger charge is -2.14. The molecule has 2 atom stereocenters. The normalized spacial score (nSPS) is 17.4. The van der Waals surface area contributed by atoms with Gasteiger partial charge in [0.1, 0.15) is 5.69 Å². The zero-order valence-corrected chi connectivity index (χ0v) is 18.4. The number of amides is 2. The fraction of sp³-hybridized carbons (Fsp3) is 0.200. The number of carbonyl (C=O) groups excluding carboxylic acids is 2. The van der Waals surface area contributed by atoms with E-state index < -0.39 is 17.8 Å². The van der Waals surface area contributed by atoms with E-state index in [1.807, 2.05) is 12.1 Å². The molecule has 1 aromatic heterocycles. The fourth-order valence-corrected chi connectivity index (χ4v) is 4.27. The molecule has 1 aliphatic carbocycles. The van der Waals surface area contributed by atoms with Gasteiger partial charge in [-0.15, -0.1) is 0 Å². The molecule has 168 valence electrons. The van der Waals surface area contributed by atoms with E-state index in [4.69, 9.17) is 11.6 Å². The number of halogens is 1. The van der Waals surface area contributed by atoms with Crippen molar-refractivity contribution < 1.29 is 19.5 Å². The standard InChI is InChI=1S/C25H22ClN3O4/c26-17-3-1-4-19(13-17)29-25(33)28-18-10-7-15(8-11-18)16-9-12-22(27-14-16)23(30)20-5-2-6-21(20)24(31)32/h1,3-4,7-14,20-21H,2,5-6H2,(H,31,32)(H2,28,29,33)/t20-,21-/m0/s1. The topological polar surface area (TPSA) is 108 Å². The first kappa shape index (κ1) is 22.5. The quantitative estimate of drug-likeness (QED) is 0.404. The average molecular weight is 464 g/mol. The monoisotopic (exact) mass is 463 g/mol. The van der Waals surface area contributed by atoms with E-state index in [1.54, 1.807) is 54.7 Å². The molecule has 2 amide bonds. The van der Waals surface area contributed by atoms with Crippen molar-refractivity contribution in [3.05, 3.63) is 77.6 Å². The maximum atomic E-state index is 12.7. The Labute approximate surface area is 195 Å². The van der Waals surface area contributed by atoms with E-state index in [2.05, 4.69) is 15.6 Å². The van der Waals surface area contributed by atoms with E-state index in [1.165, 1.54) is 0 Å². The Morgan fingerprint density at radius 2 is 1.58 bits per heavy atom. The predicted molar refractivity (Wildman–Crippen MR) is 127 cm³/mol. The Morgan fingerprint density at radius 3 is 2.24 bits per heavy atom. The summed E-state index contributed by atoms with van der Waals surface area (Å²) in [5, 5.41) is 15.3. The number of carbonyl (C=O) groups is 3. The Morgan fingerprint density at radius 1 is 0.879 bits per heavy atom. The van der Waals surface area contributed by atoms with Crippen molar-refractivity contribution in [1.29, 1.82) is 0 Å². The minimum absolute atomic E-state index is 0.211. The Hall–Kier alpha value is -3.71. The van der Waals surface area contributed by atoms with Gasteiger partial charge >= 0.3 is 12.0 Å². The molecule has 0 saturated heterocycles. The molecule has 3 N–H and O–H groups in total. The highest BCUT2D eigenvalue weighted by atomic mass is 35.5. The summed E-state index contributed by atoms with van der Waals surface area (Å²) < 4.78 is 0. The maximum Gasteiger partial charge on any atom is 0.323 e. The van der Waals surface area contributed by atoms with Crippen LogP contribution in [0.5, 0.6) is 0 Å². The van der Waals surface area contributed by atoms with Crippen LogP contribution < -0.4 is 10.6 Å². The molecule has 1 aliphatic rings. The molecule has 0 unspecified atom stereocenters. The molecule has 2 aromatic carbocycles. The van der Waals surface area contributed by atoms with E-state index >= 15 is 0 Å². The number of hydrogen-bond donors (Lipinski definition) is 3. The number of aliphatic carboxylic acids is 1. The number of carboxylic acids is 1. The average Bonchev–Trinajstić information content (AvgIpc) is 3.30. The number of nitrogens with one attached hydrogen (secondary N) is 2. The molecule has 0 spiro atoms. The number of aromatic nitrogens is 1. The summed E-state index contributed by atoms with van der Waals surface area (Å²) in [6.07, 6.45) is 3.45. The largest absolute Gasteiger partial charge is 0.481 e. The Bertz CT molecular complexity index is 1180. The van der Waals surface area contributed by atoms with E-state index in [0.717, 1.165) is 17.5 Å². The number of benzene rings is 2. The van der Waals surface area contributed by atoms with Crippen molar-refractivity contribution in [3.8, 4) is 11.1 Å². The van der Waals surface area contributed by atoms with Crippen LogP contribution in [-0.2, 0) is 4.79 Å². The highest BCUT2D eigenvalue weighted by Gasteiger charge is 2.38. The van der Waals surface area contributed by atoms with Crippen molar-refractivity contribution in [2.45, 2.75) is 19.3 Å². The van der Waals surface area contributed by atoms with Gasteiger partial charge in [0.15, 0.2) is 5.78 Å². The lowest BCUT2D eigenvalue weighted by Crippen LogP contribution is -2.25. The zero-order chi connectivity index (χ0) is 23.4. The van der Waals surface area contributed by atoms with E-state index in [-0.39, 0.29) is 17.5 Å². The molecule has 1 saturated carbocycles. The molecule has 0 aliphatic heterocycles. The van der Waals surface area contributed by atoms with Crippen molar-refractivity contribution in [2.75, 3.05) is 10.6 Å². The number of anilines is 2. The van der Waals surface area contributed by atoms with E-state index in [9.17, 15) is 19.5 Å². The highest BCUT2D eigenvalue weighted by molar-refractivity contribution is 6.30. The van der Waals surface area contributed by atoms with Crippen LogP contribution in [0.2, 0.25) is 5.02 Å². The number of ketones is 1. The SMILES string of the molecule is O=C(Nc1ccc(-c2ccc(C(=O)[C@H]3CCC[C@@H]3C(=O)O)nc2)cc1)Nc1cccc(Cl)c1. The lowest BCUT2D eigenvalue weighted by atomic mass is 9.90. The van der Waals surface area contributed by atoms with Gasteiger partial charge in [-0.1, -0.05) is 42.3 Å². The maximum absolute atomic E-state index is 12.7. The van der Waals surface area contributed by atoms with Crippen LogP contribution in [0.25, 0.3) is 11.1 Å². The van der Waals surface area contributed by atoms with Crippen molar-refractivity contribution in [2.24, 2.45) is 11.8 Å². The fourth-order valence-electron chi connectivity index (χ4n) is 4.08. The van der Waals surface area contributed by atoms with Gasteiger partial charge in [0.2, 0.25) is 0 Å². The summed E-state index contributed by atoms with van der Waals surface area (Å²) in [5.41, 5.74) is 3.16. The number of pyridine rings is 1. The van der Waals surface area contributed by atoms with Gasteiger partial charge in [0, 0.05) is 34.1 Å². The number of carboxylic acid groups (broad SMARTS) is 1. The molecule has 8 heteroatoms. The van der Waals surface area contributed by atoms with Crippen molar-refractivity contribution in [1.82, 2.24) is 4.98 Å². The van der Waals surface area contributed by atoms with Gasteiger partial charge in [-0.05, 0) is 54.8 Å². The van der Waals surface area contributed by atoms with Gasteiger partial charge in [0.05, 0.1) is 5.92 Å². The minimum atomic E-state index is -0.919. The van der Waals surface area contributed by atoms with Crippen molar-refractivity contribution >= 4 is 40.8 Å². The van der Waals surface area contributed by atoms with Crippen molar-refractivity contribution in [3.63, 3.8) is 0 Å². The molecule has 7 nitrogen and oxygen atoms in total. The van der Waals surface area contributed by atoms with Crippen LogP contribution in [0.3, 0.4) is 0 Å². The third-order valence-corrected chi connectivity index (χ3v) is 5.98. The van der Waals surface area contributed by atoms with Gasteiger partial charge in [-0.25, -0.2) is 4.79 Å². The Kier molecular flexibility index (Phi) is 6.70.